The number of rotatable bonds is 3. The lowest BCUT2D eigenvalue weighted by Gasteiger charge is -2.35. The minimum Gasteiger partial charge on any atom is -0.399 e. The van der Waals surface area contributed by atoms with Crippen LogP contribution in [0.5, 0.6) is 0 Å². The molecule has 2 aromatic rings. The van der Waals surface area contributed by atoms with Crippen LogP contribution in [0.4, 0.5) is 41.0 Å². The van der Waals surface area contributed by atoms with Crippen molar-refractivity contribution < 1.29 is 22.8 Å². The highest BCUT2D eigenvalue weighted by Gasteiger charge is 2.40. The minimum atomic E-state index is -4.54. The number of anilines is 4. The Hall–Kier alpha value is -3.57. The minimum absolute atomic E-state index is 0.195. The van der Waals surface area contributed by atoms with Crippen LogP contribution >= 0.6 is 0 Å². The van der Waals surface area contributed by atoms with Crippen LogP contribution in [0.3, 0.4) is 0 Å². The molecular formula is C18H18F3N7O2. The van der Waals surface area contributed by atoms with Gasteiger partial charge in [-0.1, -0.05) is 0 Å². The SMILES string of the molecule is Nc1ccnc(NC(=O)N2c3nc(C(=O)NCC(F)(F)F)ccc3N3CC[C@H]2C3)c1. The fraction of sp³-hybridized carbons (Fsp3) is 0.333. The van der Waals surface area contributed by atoms with Gasteiger partial charge in [0, 0.05) is 31.0 Å². The molecule has 2 aliphatic rings. The first-order chi connectivity index (χ1) is 14.2. The van der Waals surface area contributed by atoms with Crippen LogP contribution in [-0.4, -0.2) is 53.8 Å². The second-order valence-corrected chi connectivity index (χ2v) is 7.00. The van der Waals surface area contributed by atoms with Crippen molar-refractivity contribution in [3.05, 3.63) is 36.2 Å². The molecule has 1 atom stereocenters. The number of aromatic nitrogens is 2. The van der Waals surface area contributed by atoms with Gasteiger partial charge in [-0.2, -0.15) is 13.2 Å². The Labute approximate surface area is 169 Å². The van der Waals surface area contributed by atoms with E-state index < -0.39 is 24.7 Å². The molecule has 0 saturated carbocycles. The fourth-order valence-corrected chi connectivity index (χ4v) is 3.55. The summed E-state index contributed by atoms with van der Waals surface area (Å²) in [6, 6.07) is 5.30. The third kappa shape index (κ3) is 3.93. The third-order valence-corrected chi connectivity index (χ3v) is 4.87. The Morgan fingerprint density at radius 3 is 2.80 bits per heavy atom. The van der Waals surface area contributed by atoms with Crippen LogP contribution in [0, 0.1) is 0 Å². The van der Waals surface area contributed by atoms with Crippen molar-refractivity contribution >= 4 is 34.9 Å². The fourth-order valence-electron chi connectivity index (χ4n) is 3.55. The standard InChI is InChI=1S/C18H18F3N7O2/c19-18(20,21)9-24-16(29)12-1-2-13-15(25-12)28(11-4-6-27(13)8-11)17(30)26-14-7-10(22)3-5-23-14/h1-3,5,7,11H,4,6,8-9H2,(H,24,29)(H3,22,23,26,30)/t11-/m0/s1. The molecule has 1 fully saturated rings. The quantitative estimate of drug-likeness (QED) is 0.698. The molecule has 158 valence electrons. The highest BCUT2D eigenvalue weighted by molar-refractivity contribution is 6.05. The van der Waals surface area contributed by atoms with Crippen molar-refractivity contribution in [1.82, 2.24) is 15.3 Å². The van der Waals surface area contributed by atoms with Gasteiger partial charge in [0.15, 0.2) is 5.82 Å². The number of alkyl halides is 3. The average Bonchev–Trinajstić information content (AvgIpc) is 3.09. The number of nitrogens with two attached hydrogens (primary N) is 1. The molecule has 3 amide bonds. The summed E-state index contributed by atoms with van der Waals surface area (Å²) in [6.07, 6.45) is -2.40. The van der Waals surface area contributed by atoms with Gasteiger partial charge in [-0.15, -0.1) is 0 Å². The van der Waals surface area contributed by atoms with Gasteiger partial charge in [0.1, 0.15) is 18.1 Å². The number of hydrogen-bond acceptors (Lipinski definition) is 6. The van der Waals surface area contributed by atoms with Gasteiger partial charge in [-0.05, 0) is 24.6 Å². The van der Waals surface area contributed by atoms with Gasteiger partial charge in [-0.25, -0.2) is 14.8 Å². The maximum absolute atomic E-state index is 13.0. The molecule has 30 heavy (non-hydrogen) atoms. The first-order valence-corrected chi connectivity index (χ1v) is 9.14. The number of nitrogens with one attached hydrogen (secondary N) is 2. The molecule has 0 radical (unpaired) electrons. The monoisotopic (exact) mass is 421 g/mol. The molecule has 0 aliphatic carbocycles. The van der Waals surface area contributed by atoms with E-state index in [1.165, 1.54) is 23.2 Å². The lowest BCUT2D eigenvalue weighted by Crippen LogP contribution is -2.48. The van der Waals surface area contributed by atoms with Crippen molar-refractivity contribution in [2.24, 2.45) is 0 Å². The van der Waals surface area contributed by atoms with Crippen molar-refractivity contribution in [3.8, 4) is 0 Å². The maximum Gasteiger partial charge on any atom is 0.405 e. The summed E-state index contributed by atoms with van der Waals surface area (Å²) in [6.45, 7) is -0.185. The molecule has 2 bridgehead atoms. The van der Waals surface area contributed by atoms with E-state index in [4.69, 9.17) is 5.73 Å². The predicted molar refractivity (Wildman–Crippen MR) is 103 cm³/mol. The summed E-state index contributed by atoms with van der Waals surface area (Å²) >= 11 is 0. The van der Waals surface area contributed by atoms with Crippen molar-refractivity contribution in [3.63, 3.8) is 0 Å². The summed E-state index contributed by atoms with van der Waals surface area (Å²) < 4.78 is 37.2. The molecule has 4 N–H and O–H groups in total. The Bertz CT molecular complexity index is 998. The summed E-state index contributed by atoms with van der Waals surface area (Å²) in [5.41, 5.74) is 6.56. The second kappa shape index (κ2) is 7.35. The molecule has 2 aliphatic heterocycles. The molecule has 4 rings (SSSR count). The zero-order chi connectivity index (χ0) is 21.5. The molecule has 0 unspecified atom stereocenters. The molecule has 0 aromatic carbocycles. The molecule has 0 spiro atoms. The molecule has 1 saturated heterocycles. The Morgan fingerprint density at radius 2 is 2.07 bits per heavy atom. The number of amides is 3. The molecule has 2 aromatic heterocycles. The van der Waals surface area contributed by atoms with Gasteiger partial charge in [0.2, 0.25) is 0 Å². The van der Waals surface area contributed by atoms with E-state index in [1.54, 1.807) is 17.4 Å². The molecular weight excluding hydrogens is 403 g/mol. The van der Waals surface area contributed by atoms with Gasteiger partial charge in [0.05, 0.1) is 11.7 Å². The topological polar surface area (TPSA) is 116 Å². The first-order valence-electron chi connectivity index (χ1n) is 9.14. The normalized spacial score (nSPS) is 17.5. The average molecular weight is 421 g/mol. The van der Waals surface area contributed by atoms with Crippen molar-refractivity contribution in [1.29, 1.82) is 0 Å². The molecule has 9 nitrogen and oxygen atoms in total. The van der Waals surface area contributed by atoms with Crippen LogP contribution in [0.1, 0.15) is 16.9 Å². The smallest absolute Gasteiger partial charge is 0.399 e. The predicted octanol–water partition coefficient (Wildman–Crippen LogP) is 1.98. The van der Waals surface area contributed by atoms with Crippen LogP contribution in [0.15, 0.2) is 30.5 Å². The van der Waals surface area contributed by atoms with Crippen molar-refractivity contribution in [2.45, 2.75) is 18.6 Å². The Kier molecular flexibility index (Phi) is 4.84. The number of pyridine rings is 2. The highest BCUT2D eigenvalue weighted by Crippen LogP contribution is 2.39. The maximum atomic E-state index is 13.0. The highest BCUT2D eigenvalue weighted by atomic mass is 19.4. The van der Waals surface area contributed by atoms with Gasteiger partial charge >= 0.3 is 12.2 Å². The summed E-state index contributed by atoms with van der Waals surface area (Å²) in [7, 11) is 0. The van der Waals surface area contributed by atoms with Crippen LogP contribution < -0.4 is 26.2 Å². The van der Waals surface area contributed by atoms with E-state index >= 15 is 0 Å². The number of nitrogens with zero attached hydrogens (tertiary/aromatic N) is 4. The second-order valence-electron chi connectivity index (χ2n) is 7.00. The van der Waals surface area contributed by atoms with Gasteiger partial charge in [-0.3, -0.25) is 15.0 Å². The largest absolute Gasteiger partial charge is 0.405 e. The summed E-state index contributed by atoms with van der Waals surface area (Å²) in [5, 5.41) is 4.45. The van der Waals surface area contributed by atoms with E-state index in [9.17, 15) is 22.8 Å². The van der Waals surface area contributed by atoms with Crippen LogP contribution in [0.2, 0.25) is 0 Å². The van der Waals surface area contributed by atoms with E-state index in [1.807, 2.05) is 4.90 Å². The van der Waals surface area contributed by atoms with Gasteiger partial charge < -0.3 is 16.0 Å². The van der Waals surface area contributed by atoms with E-state index in [0.29, 0.717) is 30.9 Å². The van der Waals surface area contributed by atoms with E-state index in [2.05, 4.69) is 15.3 Å². The zero-order valence-electron chi connectivity index (χ0n) is 15.6. The molecule has 12 heteroatoms. The summed E-state index contributed by atoms with van der Waals surface area (Å²) in [5.74, 6) is -0.508. The number of fused-ring (bicyclic) bond motifs is 4. The van der Waals surface area contributed by atoms with Crippen LogP contribution in [-0.2, 0) is 0 Å². The number of hydrogen-bond donors (Lipinski definition) is 3. The Morgan fingerprint density at radius 1 is 1.27 bits per heavy atom. The first kappa shape index (κ1) is 19.7. The van der Waals surface area contributed by atoms with Crippen LogP contribution in [0.25, 0.3) is 0 Å². The molecule has 4 heterocycles. The lowest BCUT2D eigenvalue weighted by molar-refractivity contribution is -0.123. The third-order valence-electron chi connectivity index (χ3n) is 4.87. The number of halogens is 3. The number of carbonyl (C=O) groups is 2. The number of carbonyl (C=O) groups excluding carboxylic acids is 2. The van der Waals surface area contributed by atoms with E-state index in [0.717, 1.165) is 0 Å². The number of nitrogen functional groups attached to an aromatic ring is 1. The van der Waals surface area contributed by atoms with Crippen molar-refractivity contribution in [2.75, 3.05) is 40.5 Å². The lowest BCUT2D eigenvalue weighted by atomic mass is 10.1. The van der Waals surface area contributed by atoms with E-state index in [-0.39, 0.29) is 23.4 Å². The summed E-state index contributed by atoms with van der Waals surface area (Å²) in [4.78, 5) is 36.8. The zero-order valence-corrected chi connectivity index (χ0v) is 15.6. The van der Waals surface area contributed by atoms with Gasteiger partial charge in [0.25, 0.3) is 5.91 Å². The Balaban J connectivity index is 1.62. The number of urea groups is 1.